The molecular weight excluding hydrogens is 234 g/mol. The third kappa shape index (κ3) is 3.50. The highest BCUT2D eigenvalue weighted by Gasteiger charge is 2.35. The van der Waals surface area contributed by atoms with Gasteiger partial charge in [-0.1, -0.05) is 20.3 Å². The van der Waals surface area contributed by atoms with Crippen molar-refractivity contribution in [3.05, 3.63) is 0 Å². The lowest BCUT2D eigenvalue weighted by Crippen LogP contribution is -2.60. The van der Waals surface area contributed by atoms with Crippen LogP contribution in [0.2, 0.25) is 0 Å². The zero-order chi connectivity index (χ0) is 13.8. The molecule has 2 rings (SSSR count). The number of piperazine rings is 1. The Morgan fingerprint density at radius 1 is 1.16 bits per heavy atom. The van der Waals surface area contributed by atoms with E-state index in [4.69, 9.17) is 0 Å². The second kappa shape index (κ2) is 7.05. The molecule has 2 fully saturated rings. The molecule has 19 heavy (non-hydrogen) atoms. The average Bonchev–Trinajstić information content (AvgIpc) is 2.46. The van der Waals surface area contributed by atoms with Gasteiger partial charge in [0.15, 0.2) is 0 Å². The fraction of sp³-hybridized carbons (Fsp3) is 1.00. The van der Waals surface area contributed by atoms with Crippen molar-refractivity contribution >= 4 is 0 Å². The van der Waals surface area contributed by atoms with Gasteiger partial charge in [0.1, 0.15) is 0 Å². The van der Waals surface area contributed by atoms with Crippen LogP contribution in [0.4, 0.5) is 0 Å². The first-order valence-electron chi connectivity index (χ1n) is 8.34. The molecule has 1 saturated heterocycles. The number of hydrogen-bond donors (Lipinski definition) is 1. The molecule has 2 aliphatic rings. The first-order valence-corrected chi connectivity index (χ1v) is 8.34. The summed E-state index contributed by atoms with van der Waals surface area (Å²) in [7, 11) is 2.15. The summed E-state index contributed by atoms with van der Waals surface area (Å²) in [4.78, 5) is 5.39. The largest absolute Gasteiger partial charge is 0.315 e. The van der Waals surface area contributed by atoms with E-state index in [1.54, 1.807) is 0 Å². The molecule has 1 saturated carbocycles. The summed E-state index contributed by atoms with van der Waals surface area (Å²) < 4.78 is 0. The van der Waals surface area contributed by atoms with Gasteiger partial charge >= 0.3 is 0 Å². The number of nitrogens with one attached hydrogen (secondary N) is 1. The smallest absolute Gasteiger partial charge is 0.0253 e. The molecule has 0 aromatic rings. The molecule has 0 aromatic heterocycles. The van der Waals surface area contributed by atoms with Crippen molar-refractivity contribution in [3.63, 3.8) is 0 Å². The molecule has 0 amide bonds. The normalized spacial score (nSPS) is 38.5. The van der Waals surface area contributed by atoms with E-state index in [2.05, 4.69) is 42.9 Å². The number of nitrogens with zero attached hydrogens (tertiary/aromatic N) is 2. The molecule has 4 atom stereocenters. The summed E-state index contributed by atoms with van der Waals surface area (Å²) in [5.41, 5.74) is 0. The topological polar surface area (TPSA) is 18.5 Å². The number of rotatable bonds is 4. The fourth-order valence-electron chi connectivity index (χ4n) is 4.14. The Morgan fingerprint density at radius 2 is 1.95 bits per heavy atom. The summed E-state index contributed by atoms with van der Waals surface area (Å²) in [6, 6.07) is 2.20. The summed E-state index contributed by atoms with van der Waals surface area (Å²) in [6.45, 7) is 12.0. The van der Waals surface area contributed by atoms with Crippen LogP contribution in [0.1, 0.15) is 46.5 Å². The first kappa shape index (κ1) is 15.3. The molecular formula is C16H33N3. The maximum Gasteiger partial charge on any atom is 0.0253 e. The van der Waals surface area contributed by atoms with E-state index in [9.17, 15) is 0 Å². The van der Waals surface area contributed by atoms with Gasteiger partial charge in [-0.05, 0) is 45.7 Å². The maximum absolute atomic E-state index is 3.58. The van der Waals surface area contributed by atoms with Crippen LogP contribution in [0.15, 0.2) is 0 Å². The molecule has 3 heteroatoms. The van der Waals surface area contributed by atoms with Gasteiger partial charge in [-0.25, -0.2) is 0 Å². The molecule has 4 unspecified atom stereocenters. The Morgan fingerprint density at radius 3 is 2.53 bits per heavy atom. The summed E-state index contributed by atoms with van der Waals surface area (Å²) in [5.74, 6) is 0.953. The van der Waals surface area contributed by atoms with Crippen LogP contribution in [0.25, 0.3) is 0 Å². The third-order valence-corrected chi connectivity index (χ3v) is 5.55. The standard InChI is InChI=1S/C16H33N3/c1-5-14-7-8-15(17-4)16(11-14)19-10-9-18(6-2)13(3)12-19/h13-17H,5-12H2,1-4H3. The van der Waals surface area contributed by atoms with Gasteiger partial charge in [0.05, 0.1) is 0 Å². The predicted octanol–water partition coefficient (Wildman–Crippen LogP) is 2.18. The maximum atomic E-state index is 3.58. The molecule has 1 heterocycles. The highest BCUT2D eigenvalue weighted by Crippen LogP contribution is 2.31. The van der Waals surface area contributed by atoms with Gasteiger partial charge < -0.3 is 5.32 Å². The van der Waals surface area contributed by atoms with E-state index in [-0.39, 0.29) is 0 Å². The average molecular weight is 267 g/mol. The molecule has 0 radical (unpaired) electrons. The Hall–Kier alpha value is -0.120. The number of hydrogen-bond acceptors (Lipinski definition) is 3. The molecule has 0 aromatic carbocycles. The van der Waals surface area contributed by atoms with Crippen molar-refractivity contribution in [1.82, 2.24) is 15.1 Å². The lowest BCUT2D eigenvalue weighted by Gasteiger charge is -2.48. The van der Waals surface area contributed by atoms with Crippen LogP contribution in [0, 0.1) is 5.92 Å². The summed E-state index contributed by atoms with van der Waals surface area (Å²) >= 11 is 0. The third-order valence-electron chi connectivity index (χ3n) is 5.55. The highest BCUT2D eigenvalue weighted by atomic mass is 15.3. The van der Waals surface area contributed by atoms with Crippen molar-refractivity contribution in [2.75, 3.05) is 33.2 Å². The van der Waals surface area contributed by atoms with Crippen molar-refractivity contribution in [2.24, 2.45) is 5.92 Å². The van der Waals surface area contributed by atoms with Crippen LogP contribution in [0.3, 0.4) is 0 Å². The van der Waals surface area contributed by atoms with Crippen LogP contribution >= 0.6 is 0 Å². The molecule has 0 spiro atoms. The fourth-order valence-corrected chi connectivity index (χ4v) is 4.14. The van der Waals surface area contributed by atoms with Crippen molar-refractivity contribution in [1.29, 1.82) is 0 Å². The van der Waals surface area contributed by atoms with Crippen LogP contribution in [-0.4, -0.2) is 61.2 Å². The molecule has 0 bridgehead atoms. The summed E-state index contributed by atoms with van der Waals surface area (Å²) in [5, 5.41) is 3.58. The second-order valence-corrected chi connectivity index (χ2v) is 6.52. The van der Waals surface area contributed by atoms with E-state index >= 15 is 0 Å². The Bertz CT molecular complexity index is 269. The van der Waals surface area contributed by atoms with Gasteiger partial charge in [0.25, 0.3) is 0 Å². The zero-order valence-corrected chi connectivity index (χ0v) is 13.4. The Balaban J connectivity index is 1.98. The van der Waals surface area contributed by atoms with Gasteiger partial charge in [-0.15, -0.1) is 0 Å². The molecule has 1 N–H and O–H groups in total. The quantitative estimate of drug-likeness (QED) is 0.842. The van der Waals surface area contributed by atoms with Crippen molar-refractivity contribution in [2.45, 2.75) is 64.6 Å². The predicted molar refractivity (Wildman–Crippen MR) is 82.5 cm³/mol. The highest BCUT2D eigenvalue weighted by molar-refractivity contribution is 4.93. The minimum absolute atomic E-state index is 0.711. The van der Waals surface area contributed by atoms with Crippen molar-refractivity contribution < 1.29 is 0 Å². The van der Waals surface area contributed by atoms with Gasteiger partial charge in [-0.3, -0.25) is 9.80 Å². The van der Waals surface area contributed by atoms with E-state index in [1.807, 2.05) is 0 Å². The van der Waals surface area contributed by atoms with E-state index in [0.29, 0.717) is 6.04 Å². The van der Waals surface area contributed by atoms with Crippen molar-refractivity contribution in [3.8, 4) is 0 Å². The van der Waals surface area contributed by atoms with E-state index in [0.717, 1.165) is 18.0 Å². The van der Waals surface area contributed by atoms with Gasteiger partial charge in [0, 0.05) is 37.8 Å². The zero-order valence-electron chi connectivity index (χ0n) is 13.4. The van der Waals surface area contributed by atoms with Crippen LogP contribution in [0.5, 0.6) is 0 Å². The molecule has 1 aliphatic carbocycles. The first-order chi connectivity index (χ1) is 9.19. The molecule has 112 valence electrons. The number of likely N-dealkylation sites (N-methyl/N-ethyl adjacent to an activating group) is 2. The SMILES string of the molecule is CCC1CCC(NC)C(N2CCN(CC)C(C)C2)C1. The minimum Gasteiger partial charge on any atom is -0.315 e. The van der Waals surface area contributed by atoms with Crippen LogP contribution < -0.4 is 5.32 Å². The molecule has 3 nitrogen and oxygen atoms in total. The van der Waals surface area contributed by atoms with E-state index in [1.165, 1.54) is 51.9 Å². The monoisotopic (exact) mass is 267 g/mol. The second-order valence-electron chi connectivity index (χ2n) is 6.52. The van der Waals surface area contributed by atoms with Gasteiger partial charge in [-0.2, -0.15) is 0 Å². The van der Waals surface area contributed by atoms with Gasteiger partial charge in [0.2, 0.25) is 0 Å². The Labute approximate surface area is 119 Å². The lowest BCUT2D eigenvalue weighted by molar-refractivity contribution is 0.0240. The van der Waals surface area contributed by atoms with Crippen LogP contribution in [-0.2, 0) is 0 Å². The minimum atomic E-state index is 0.711. The summed E-state index contributed by atoms with van der Waals surface area (Å²) in [6.07, 6.45) is 5.54. The van der Waals surface area contributed by atoms with E-state index < -0.39 is 0 Å². The lowest BCUT2D eigenvalue weighted by atomic mass is 9.80. The molecule has 1 aliphatic heterocycles. The Kier molecular flexibility index (Phi) is 5.67.